The Morgan fingerprint density at radius 1 is 0.909 bits per heavy atom. The van der Waals surface area contributed by atoms with Gasteiger partial charge in [0.2, 0.25) is 0 Å². The van der Waals surface area contributed by atoms with Crippen LogP contribution in [0.15, 0.2) is 60.7 Å². The van der Waals surface area contributed by atoms with Crippen LogP contribution in [-0.2, 0) is 0 Å². The molecule has 0 saturated carbocycles. The predicted molar refractivity (Wildman–Crippen MR) is 87.2 cm³/mol. The zero-order valence-electron chi connectivity index (χ0n) is 12.0. The van der Waals surface area contributed by atoms with Gasteiger partial charge in [-0.15, -0.1) is 0 Å². The number of nitrogens with one attached hydrogen (secondary N) is 1. The molecule has 0 aromatic heterocycles. The summed E-state index contributed by atoms with van der Waals surface area (Å²) in [5.41, 5.74) is 1.64. The van der Waals surface area contributed by atoms with Crippen LogP contribution < -0.4 is 10.1 Å². The Morgan fingerprint density at radius 2 is 1.59 bits per heavy atom. The molecule has 0 fully saturated rings. The van der Waals surface area contributed by atoms with Crippen LogP contribution in [-0.4, -0.2) is 18.2 Å². The smallest absolute Gasteiger partial charge is 0.337 e. The quantitative estimate of drug-likeness (QED) is 0.753. The van der Waals surface area contributed by atoms with Crippen molar-refractivity contribution < 1.29 is 14.6 Å². The summed E-state index contributed by atoms with van der Waals surface area (Å²) in [6.07, 6.45) is 0. The van der Waals surface area contributed by atoms with E-state index in [-0.39, 0.29) is 5.56 Å². The number of fused-ring (bicyclic) bond motifs is 1. The molecule has 4 nitrogen and oxygen atoms in total. The second-order valence-corrected chi connectivity index (χ2v) is 4.84. The van der Waals surface area contributed by atoms with Gasteiger partial charge in [0.1, 0.15) is 5.75 Å². The van der Waals surface area contributed by atoms with Crippen LogP contribution in [0.25, 0.3) is 10.8 Å². The third kappa shape index (κ3) is 2.46. The van der Waals surface area contributed by atoms with Crippen molar-refractivity contribution in [1.82, 2.24) is 0 Å². The van der Waals surface area contributed by atoms with E-state index in [1.54, 1.807) is 31.4 Å². The van der Waals surface area contributed by atoms with Gasteiger partial charge in [0.15, 0.2) is 0 Å². The minimum absolute atomic E-state index is 0.238. The van der Waals surface area contributed by atoms with Gasteiger partial charge >= 0.3 is 5.97 Å². The Hall–Kier alpha value is -3.01. The van der Waals surface area contributed by atoms with E-state index in [1.807, 2.05) is 36.4 Å². The maximum Gasteiger partial charge on any atom is 0.337 e. The number of hydrogen-bond donors (Lipinski definition) is 2. The lowest BCUT2D eigenvalue weighted by Gasteiger charge is -2.14. The van der Waals surface area contributed by atoms with Gasteiger partial charge in [0.25, 0.3) is 0 Å². The van der Waals surface area contributed by atoms with E-state index in [9.17, 15) is 9.90 Å². The summed E-state index contributed by atoms with van der Waals surface area (Å²) in [6, 6.07) is 18.4. The van der Waals surface area contributed by atoms with Crippen molar-refractivity contribution in [2.75, 3.05) is 12.4 Å². The van der Waals surface area contributed by atoms with E-state index in [0.29, 0.717) is 5.69 Å². The van der Waals surface area contributed by atoms with Gasteiger partial charge in [0, 0.05) is 16.5 Å². The molecule has 0 spiro atoms. The lowest BCUT2D eigenvalue weighted by Crippen LogP contribution is -2.02. The molecule has 0 amide bonds. The van der Waals surface area contributed by atoms with E-state index < -0.39 is 5.97 Å². The topological polar surface area (TPSA) is 58.6 Å². The molecular formula is C18H15NO3. The summed E-state index contributed by atoms with van der Waals surface area (Å²) in [7, 11) is 1.63. The summed E-state index contributed by atoms with van der Waals surface area (Å²) in [5, 5.41) is 14.4. The maximum absolute atomic E-state index is 11.3. The highest BCUT2D eigenvalue weighted by Gasteiger charge is 2.11. The Bertz CT molecular complexity index is 843. The zero-order chi connectivity index (χ0) is 15.5. The van der Waals surface area contributed by atoms with Gasteiger partial charge in [-0.2, -0.15) is 0 Å². The number of rotatable bonds is 4. The number of aromatic carboxylic acids is 1. The SMILES string of the molecule is COc1ccc(Nc2ccccc2C(=O)O)c2ccccc12. The second-order valence-electron chi connectivity index (χ2n) is 4.84. The minimum Gasteiger partial charge on any atom is -0.496 e. The van der Waals surface area contributed by atoms with Crippen molar-refractivity contribution in [2.45, 2.75) is 0 Å². The van der Waals surface area contributed by atoms with Crippen molar-refractivity contribution in [3.8, 4) is 5.75 Å². The molecule has 0 unspecified atom stereocenters. The van der Waals surface area contributed by atoms with E-state index in [4.69, 9.17) is 4.74 Å². The molecule has 4 heteroatoms. The second kappa shape index (κ2) is 5.77. The van der Waals surface area contributed by atoms with Gasteiger partial charge in [0.05, 0.1) is 18.4 Å². The normalized spacial score (nSPS) is 10.4. The number of anilines is 2. The molecule has 3 aromatic rings. The van der Waals surface area contributed by atoms with E-state index in [0.717, 1.165) is 22.2 Å². The first-order chi connectivity index (χ1) is 10.7. The summed E-state index contributed by atoms with van der Waals surface area (Å²) >= 11 is 0. The highest BCUT2D eigenvalue weighted by Crippen LogP contribution is 2.33. The first-order valence-electron chi connectivity index (χ1n) is 6.86. The Balaban J connectivity index is 2.11. The molecule has 0 aliphatic heterocycles. The van der Waals surface area contributed by atoms with E-state index in [2.05, 4.69) is 5.32 Å². The summed E-state index contributed by atoms with van der Waals surface area (Å²) in [6.45, 7) is 0. The maximum atomic E-state index is 11.3. The third-order valence-electron chi connectivity index (χ3n) is 3.53. The van der Waals surface area contributed by atoms with E-state index in [1.165, 1.54) is 0 Å². The molecule has 0 heterocycles. The van der Waals surface area contributed by atoms with Crippen LogP contribution in [0.3, 0.4) is 0 Å². The number of ether oxygens (including phenoxy) is 1. The standard InChI is InChI=1S/C18H15NO3/c1-22-17-11-10-16(12-6-2-3-7-13(12)17)19-15-9-5-4-8-14(15)18(20)21/h2-11,19H,1H3,(H,20,21). The van der Waals surface area contributed by atoms with Crippen molar-refractivity contribution in [2.24, 2.45) is 0 Å². The Kier molecular flexibility index (Phi) is 3.66. The van der Waals surface area contributed by atoms with Crippen LogP contribution in [0.1, 0.15) is 10.4 Å². The molecule has 0 radical (unpaired) electrons. The number of benzene rings is 3. The monoisotopic (exact) mass is 293 g/mol. The van der Waals surface area contributed by atoms with Gasteiger partial charge in [-0.25, -0.2) is 4.79 Å². The largest absolute Gasteiger partial charge is 0.496 e. The van der Waals surface area contributed by atoms with Crippen molar-refractivity contribution >= 4 is 28.1 Å². The van der Waals surface area contributed by atoms with Gasteiger partial charge in [-0.05, 0) is 24.3 Å². The molecule has 110 valence electrons. The van der Waals surface area contributed by atoms with Gasteiger partial charge < -0.3 is 15.2 Å². The molecule has 3 aromatic carbocycles. The predicted octanol–water partition coefficient (Wildman–Crippen LogP) is 4.29. The minimum atomic E-state index is -0.957. The number of carboxylic acid groups (broad SMARTS) is 1. The lowest BCUT2D eigenvalue weighted by atomic mass is 10.1. The fourth-order valence-corrected chi connectivity index (χ4v) is 2.48. The molecule has 0 saturated heterocycles. The number of carboxylic acids is 1. The Morgan fingerprint density at radius 3 is 2.32 bits per heavy atom. The molecule has 0 bridgehead atoms. The lowest BCUT2D eigenvalue weighted by molar-refractivity contribution is 0.0698. The molecular weight excluding hydrogens is 278 g/mol. The molecule has 22 heavy (non-hydrogen) atoms. The van der Waals surface area contributed by atoms with Crippen molar-refractivity contribution in [3.63, 3.8) is 0 Å². The number of hydrogen-bond acceptors (Lipinski definition) is 3. The Labute approximate surface area is 128 Å². The van der Waals surface area contributed by atoms with Crippen LogP contribution >= 0.6 is 0 Å². The molecule has 0 atom stereocenters. The molecule has 0 aliphatic rings. The van der Waals surface area contributed by atoms with Gasteiger partial charge in [-0.1, -0.05) is 36.4 Å². The van der Waals surface area contributed by atoms with E-state index >= 15 is 0 Å². The molecule has 0 aliphatic carbocycles. The number of methoxy groups -OCH3 is 1. The summed E-state index contributed by atoms with van der Waals surface area (Å²) in [5.74, 6) is -0.173. The number of para-hydroxylation sites is 1. The van der Waals surface area contributed by atoms with Crippen molar-refractivity contribution in [1.29, 1.82) is 0 Å². The zero-order valence-corrected chi connectivity index (χ0v) is 12.0. The van der Waals surface area contributed by atoms with Crippen LogP contribution in [0.4, 0.5) is 11.4 Å². The molecule has 2 N–H and O–H groups in total. The van der Waals surface area contributed by atoms with Gasteiger partial charge in [-0.3, -0.25) is 0 Å². The first-order valence-corrected chi connectivity index (χ1v) is 6.86. The summed E-state index contributed by atoms with van der Waals surface area (Å²) < 4.78 is 5.37. The van der Waals surface area contributed by atoms with Crippen LogP contribution in [0.2, 0.25) is 0 Å². The highest BCUT2D eigenvalue weighted by atomic mass is 16.5. The fourth-order valence-electron chi connectivity index (χ4n) is 2.48. The fraction of sp³-hybridized carbons (Fsp3) is 0.0556. The first kappa shape index (κ1) is 13.9. The highest BCUT2D eigenvalue weighted by molar-refractivity contribution is 6.01. The average Bonchev–Trinajstić information content (AvgIpc) is 2.55. The van der Waals surface area contributed by atoms with Crippen molar-refractivity contribution in [3.05, 3.63) is 66.2 Å². The molecule has 3 rings (SSSR count). The van der Waals surface area contributed by atoms with Crippen LogP contribution in [0, 0.1) is 0 Å². The summed E-state index contributed by atoms with van der Waals surface area (Å²) in [4.78, 5) is 11.3. The average molecular weight is 293 g/mol. The third-order valence-corrected chi connectivity index (χ3v) is 3.53. The van der Waals surface area contributed by atoms with Crippen LogP contribution in [0.5, 0.6) is 5.75 Å². The number of carbonyl (C=O) groups is 1.